The van der Waals surface area contributed by atoms with E-state index in [1.165, 1.54) is 0 Å². The van der Waals surface area contributed by atoms with Gasteiger partial charge in [0.05, 0.1) is 12.1 Å². The molecule has 0 N–H and O–H groups in total. The number of halogens is 1. The van der Waals surface area contributed by atoms with Crippen LogP contribution < -0.4 is 4.74 Å². The summed E-state index contributed by atoms with van der Waals surface area (Å²) in [4.78, 5) is 0. The number of methoxy groups -OCH3 is 1. The van der Waals surface area contributed by atoms with Crippen LogP contribution in [-0.4, -0.2) is 12.9 Å². The van der Waals surface area contributed by atoms with E-state index in [-0.39, 0.29) is 0 Å². The highest BCUT2D eigenvalue weighted by Crippen LogP contribution is 2.20. The molecule has 0 saturated carbocycles. The summed E-state index contributed by atoms with van der Waals surface area (Å²) in [6.07, 6.45) is 0.761. The average Bonchev–Trinajstić information content (AvgIpc) is 2.21. The lowest BCUT2D eigenvalue weighted by Crippen LogP contribution is -1.84. The van der Waals surface area contributed by atoms with E-state index < -0.39 is 0 Å². The van der Waals surface area contributed by atoms with Gasteiger partial charge in [-0.1, -0.05) is 23.4 Å². The van der Waals surface area contributed by atoms with Crippen LogP contribution in [0.25, 0.3) is 0 Å². The van der Waals surface area contributed by atoms with Crippen molar-refractivity contribution >= 4 is 24.2 Å². The number of benzene rings is 1. The smallest absolute Gasteiger partial charge is 0.120 e. The van der Waals surface area contributed by atoms with Crippen molar-refractivity contribution in [3.05, 3.63) is 28.8 Å². The first-order valence-electron chi connectivity index (χ1n) is 4.21. The maximum absolute atomic E-state index is 5.95. The number of hydrogen-bond donors (Lipinski definition) is 1. The molecule has 0 aliphatic heterocycles. The summed E-state index contributed by atoms with van der Waals surface area (Å²) >= 11 is 10.0. The molecule has 0 saturated heterocycles. The van der Waals surface area contributed by atoms with Crippen molar-refractivity contribution < 1.29 is 4.74 Å². The van der Waals surface area contributed by atoms with Crippen molar-refractivity contribution in [2.24, 2.45) is 0 Å². The number of hydrogen-bond acceptors (Lipinski definition) is 2. The summed E-state index contributed by atoms with van der Waals surface area (Å²) in [7, 11) is 1.62. The first kappa shape index (κ1) is 11.3. The first-order chi connectivity index (χ1) is 6.77. The summed E-state index contributed by atoms with van der Waals surface area (Å²) in [5, 5.41) is 0.650. The van der Waals surface area contributed by atoms with Crippen LogP contribution in [-0.2, 0) is 0 Å². The van der Waals surface area contributed by atoms with Crippen LogP contribution in [0.15, 0.2) is 18.2 Å². The van der Waals surface area contributed by atoms with Gasteiger partial charge in [-0.15, -0.1) is 0 Å². The highest BCUT2D eigenvalue weighted by Gasteiger charge is 1.98. The Morgan fingerprint density at radius 3 is 2.93 bits per heavy atom. The maximum atomic E-state index is 5.95. The van der Waals surface area contributed by atoms with Crippen LogP contribution in [0.1, 0.15) is 12.0 Å². The second kappa shape index (κ2) is 5.85. The molecule has 1 aromatic carbocycles. The molecule has 0 radical (unpaired) electrons. The highest BCUT2D eigenvalue weighted by atomic mass is 35.5. The Kier molecular flexibility index (Phi) is 4.72. The van der Waals surface area contributed by atoms with E-state index in [1.54, 1.807) is 13.2 Å². The van der Waals surface area contributed by atoms with Crippen molar-refractivity contribution in [1.82, 2.24) is 0 Å². The molecule has 0 aliphatic carbocycles. The second-order valence-electron chi connectivity index (χ2n) is 2.62. The molecule has 1 aromatic rings. The third-order valence-corrected chi connectivity index (χ3v) is 2.19. The van der Waals surface area contributed by atoms with Gasteiger partial charge in [-0.25, -0.2) is 0 Å². The molecule has 0 heterocycles. The molecule has 1 nitrogen and oxygen atoms in total. The lowest BCUT2D eigenvalue weighted by molar-refractivity contribution is 0.414. The van der Waals surface area contributed by atoms with Gasteiger partial charge < -0.3 is 4.74 Å². The summed E-state index contributed by atoms with van der Waals surface area (Å²) in [6.45, 7) is 0. The van der Waals surface area contributed by atoms with Crippen molar-refractivity contribution in [1.29, 1.82) is 0 Å². The minimum atomic E-state index is 0.650. The Morgan fingerprint density at radius 1 is 1.50 bits per heavy atom. The van der Waals surface area contributed by atoms with E-state index in [2.05, 4.69) is 24.5 Å². The van der Waals surface area contributed by atoms with Gasteiger partial charge in [0.25, 0.3) is 0 Å². The predicted octanol–water partition coefficient (Wildman–Crippen LogP) is 3.02. The number of thiol groups is 1. The summed E-state index contributed by atoms with van der Waals surface area (Å²) in [5.41, 5.74) is 0.799. The van der Waals surface area contributed by atoms with Crippen molar-refractivity contribution in [3.8, 4) is 17.6 Å². The van der Waals surface area contributed by atoms with Crippen molar-refractivity contribution in [2.75, 3.05) is 12.9 Å². The zero-order valence-electron chi connectivity index (χ0n) is 7.88. The van der Waals surface area contributed by atoms with E-state index >= 15 is 0 Å². The van der Waals surface area contributed by atoms with Crippen LogP contribution in [0, 0.1) is 11.8 Å². The molecular formula is C11H11ClOS. The Balaban J connectivity index is 2.91. The molecule has 74 valence electrons. The SMILES string of the molecule is COc1ccc(Cl)c(C#CCCS)c1. The third kappa shape index (κ3) is 3.17. The fraction of sp³-hybridized carbons (Fsp3) is 0.273. The van der Waals surface area contributed by atoms with E-state index in [0.29, 0.717) is 5.02 Å². The lowest BCUT2D eigenvalue weighted by Gasteiger charge is -2.00. The van der Waals surface area contributed by atoms with E-state index in [0.717, 1.165) is 23.5 Å². The quantitative estimate of drug-likeness (QED) is 0.603. The topological polar surface area (TPSA) is 9.23 Å². The van der Waals surface area contributed by atoms with Gasteiger partial charge in [0.1, 0.15) is 5.75 Å². The number of rotatable bonds is 2. The average molecular weight is 227 g/mol. The molecule has 0 amide bonds. The molecule has 0 aromatic heterocycles. The van der Waals surface area contributed by atoms with Gasteiger partial charge >= 0.3 is 0 Å². The van der Waals surface area contributed by atoms with Gasteiger partial charge in [-0.2, -0.15) is 12.6 Å². The van der Waals surface area contributed by atoms with Crippen molar-refractivity contribution in [3.63, 3.8) is 0 Å². The van der Waals surface area contributed by atoms with Crippen LogP contribution in [0.5, 0.6) is 5.75 Å². The van der Waals surface area contributed by atoms with Crippen molar-refractivity contribution in [2.45, 2.75) is 6.42 Å². The van der Waals surface area contributed by atoms with Crippen LogP contribution in [0.2, 0.25) is 5.02 Å². The molecule has 0 atom stereocenters. The Hall–Kier alpha value is -0.780. The molecule has 3 heteroatoms. The Bertz CT molecular complexity index is 365. The molecule has 1 rings (SSSR count). The Morgan fingerprint density at radius 2 is 2.29 bits per heavy atom. The molecule has 14 heavy (non-hydrogen) atoms. The fourth-order valence-corrected chi connectivity index (χ4v) is 1.22. The van der Waals surface area contributed by atoms with Gasteiger partial charge in [0.15, 0.2) is 0 Å². The minimum Gasteiger partial charge on any atom is -0.497 e. The zero-order valence-corrected chi connectivity index (χ0v) is 9.53. The summed E-state index contributed by atoms with van der Waals surface area (Å²) < 4.78 is 5.07. The standard InChI is InChI=1S/C11H11ClOS/c1-13-10-5-6-11(12)9(8-10)4-2-3-7-14/h5-6,8,14H,3,7H2,1H3. The normalized spacial score (nSPS) is 9.07. The Labute approximate surface area is 94.8 Å². The highest BCUT2D eigenvalue weighted by molar-refractivity contribution is 7.80. The first-order valence-corrected chi connectivity index (χ1v) is 5.22. The predicted molar refractivity (Wildman–Crippen MR) is 63.4 cm³/mol. The molecule has 0 fully saturated rings. The molecular weight excluding hydrogens is 216 g/mol. The summed E-state index contributed by atoms with van der Waals surface area (Å²) in [5.74, 6) is 7.48. The van der Waals surface area contributed by atoms with Gasteiger partial charge in [0, 0.05) is 17.7 Å². The molecule has 0 bridgehead atoms. The van der Waals surface area contributed by atoms with Crippen LogP contribution in [0.4, 0.5) is 0 Å². The summed E-state index contributed by atoms with van der Waals surface area (Å²) in [6, 6.07) is 5.42. The monoisotopic (exact) mass is 226 g/mol. The van der Waals surface area contributed by atoms with E-state index in [1.807, 2.05) is 12.1 Å². The van der Waals surface area contributed by atoms with Gasteiger partial charge in [0.2, 0.25) is 0 Å². The fourth-order valence-electron chi connectivity index (χ4n) is 0.941. The third-order valence-electron chi connectivity index (χ3n) is 1.63. The van der Waals surface area contributed by atoms with Gasteiger partial charge in [-0.05, 0) is 18.2 Å². The second-order valence-corrected chi connectivity index (χ2v) is 3.48. The molecule has 0 aliphatic rings. The lowest BCUT2D eigenvalue weighted by atomic mass is 10.2. The van der Waals surface area contributed by atoms with Crippen LogP contribution >= 0.6 is 24.2 Å². The largest absolute Gasteiger partial charge is 0.497 e. The molecule has 0 spiro atoms. The minimum absolute atomic E-state index is 0.650. The van der Waals surface area contributed by atoms with E-state index in [9.17, 15) is 0 Å². The van der Waals surface area contributed by atoms with Gasteiger partial charge in [-0.3, -0.25) is 0 Å². The zero-order chi connectivity index (χ0) is 10.4. The van der Waals surface area contributed by atoms with E-state index in [4.69, 9.17) is 16.3 Å². The van der Waals surface area contributed by atoms with Crippen LogP contribution in [0.3, 0.4) is 0 Å². The number of ether oxygens (including phenoxy) is 1. The molecule has 0 unspecified atom stereocenters. The maximum Gasteiger partial charge on any atom is 0.120 e.